The molecular formula is C30H32N2O2. The van der Waals surface area contributed by atoms with Gasteiger partial charge in [-0.3, -0.25) is 9.80 Å². The first-order valence-electron chi connectivity index (χ1n) is 12.1. The van der Waals surface area contributed by atoms with Gasteiger partial charge in [-0.05, 0) is 28.8 Å². The molecule has 0 bridgehead atoms. The van der Waals surface area contributed by atoms with Crippen molar-refractivity contribution in [2.24, 2.45) is 0 Å². The van der Waals surface area contributed by atoms with Crippen LogP contribution in [0.1, 0.15) is 34.3 Å². The summed E-state index contributed by atoms with van der Waals surface area (Å²) in [5.41, 5.74) is 3.85. The van der Waals surface area contributed by atoms with Crippen molar-refractivity contribution in [3.8, 4) is 0 Å². The Bertz CT molecular complexity index is 1100. The summed E-state index contributed by atoms with van der Waals surface area (Å²) in [6.45, 7) is 3.47. The molecule has 4 heteroatoms. The summed E-state index contributed by atoms with van der Waals surface area (Å²) in [7, 11) is 0. The normalized spacial score (nSPS) is 16.1. The molecule has 1 aromatic heterocycles. The monoisotopic (exact) mass is 452 g/mol. The molecule has 0 amide bonds. The van der Waals surface area contributed by atoms with Crippen molar-refractivity contribution in [1.29, 1.82) is 0 Å². The number of furan rings is 1. The predicted molar refractivity (Wildman–Crippen MR) is 136 cm³/mol. The average Bonchev–Trinajstić information content (AvgIpc) is 3.33. The maximum absolute atomic E-state index is 10.9. The lowest BCUT2D eigenvalue weighted by atomic mass is 9.96. The van der Waals surface area contributed by atoms with E-state index in [1.807, 2.05) is 30.3 Å². The van der Waals surface area contributed by atoms with Crippen LogP contribution in [0.25, 0.3) is 0 Å². The minimum absolute atomic E-state index is 0.229. The van der Waals surface area contributed by atoms with Gasteiger partial charge in [0.1, 0.15) is 17.7 Å². The number of hydrogen-bond acceptors (Lipinski definition) is 4. The molecule has 0 aliphatic carbocycles. The van der Waals surface area contributed by atoms with Crippen LogP contribution in [0.15, 0.2) is 108 Å². The highest BCUT2D eigenvalue weighted by molar-refractivity contribution is 5.32. The summed E-state index contributed by atoms with van der Waals surface area (Å²) in [6, 6.07) is 36.0. The minimum Gasteiger partial charge on any atom is -0.466 e. The van der Waals surface area contributed by atoms with E-state index in [1.54, 1.807) is 0 Å². The van der Waals surface area contributed by atoms with E-state index in [2.05, 4.69) is 82.6 Å². The van der Waals surface area contributed by atoms with Crippen molar-refractivity contribution in [2.45, 2.75) is 25.1 Å². The van der Waals surface area contributed by atoms with E-state index < -0.39 is 6.23 Å². The third-order valence-corrected chi connectivity index (χ3v) is 6.69. The van der Waals surface area contributed by atoms with Gasteiger partial charge >= 0.3 is 0 Å². The molecule has 1 aliphatic heterocycles. The van der Waals surface area contributed by atoms with E-state index in [0.29, 0.717) is 6.42 Å². The molecule has 1 unspecified atom stereocenters. The smallest absolute Gasteiger partial charge is 0.114 e. The van der Waals surface area contributed by atoms with Crippen molar-refractivity contribution in [1.82, 2.24) is 9.80 Å². The van der Waals surface area contributed by atoms with Crippen molar-refractivity contribution >= 4 is 0 Å². The van der Waals surface area contributed by atoms with Crippen LogP contribution in [0.3, 0.4) is 0 Å². The highest BCUT2D eigenvalue weighted by Crippen LogP contribution is 2.29. The Morgan fingerprint density at radius 1 is 0.618 bits per heavy atom. The number of piperazine rings is 1. The quantitative estimate of drug-likeness (QED) is 0.402. The number of aliphatic hydroxyl groups excluding tert-OH is 1. The van der Waals surface area contributed by atoms with E-state index in [1.165, 1.54) is 16.7 Å². The molecule has 1 N–H and O–H groups in total. The van der Waals surface area contributed by atoms with Gasteiger partial charge in [0.2, 0.25) is 0 Å². The maximum atomic E-state index is 10.9. The van der Waals surface area contributed by atoms with Gasteiger partial charge in [-0.25, -0.2) is 0 Å². The lowest BCUT2D eigenvalue weighted by Crippen LogP contribution is -2.51. The molecule has 174 valence electrons. The molecule has 34 heavy (non-hydrogen) atoms. The van der Waals surface area contributed by atoms with Crippen LogP contribution in [-0.2, 0) is 12.8 Å². The van der Waals surface area contributed by atoms with Crippen LogP contribution in [0.5, 0.6) is 0 Å². The summed E-state index contributed by atoms with van der Waals surface area (Å²) in [4.78, 5) is 4.70. The minimum atomic E-state index is -0.537. The van der Waals surface area contributed by atoms with Crippen LogP contribution in [-0.4, -0.2) is 47.3 Å². The standard InChI is InChI=1S/C30H32N2O2/c33-29(23-28-17-16-27(34-28)22-24-10-4-1-5-11-24)31-18-20-32(21-19-31)30(25-12-6-2-7-13-25)26-14-8-3-9-15-26/h1-17,29-30,33H,18-23H2. The second kappa shape index (κ2) is 10.8. The first kappa shape index (κ1) is 22.6. The zero-order chi connectivity index (χ0) is 23.2. The van der Waals surface area contributed by atoms with Crippen molar-refractivity contribution in [3.63, 3.8) is 0 Å². The Hall–Kier alpha value is -3.18. The van der Waals surface area contributed by atoms with E-state index in [4.69, 9.17) is 4.42 Å². The van der Waals surface area contributed by atoms with Crippen LogP contribution < -0.4 is 0 Å². The molecule has 1 fully saturated rings. The number of rotatable bonds is 8. The molecule has 1 saturated heterocycles. The third kappa shape index (κ3) is 5.48. The van der Waals surface area contributed by atoms with Gasteiger partial charge in [-0.1, -0.05) is 91.0 Å². The van der Waals surface area contributed by atoms with E-state index in [9.17, 15) is 5.11 Å². The van der Waals surface area contributed by atoms with Gasteiger partial charge in [0.05, 0.1) is 6.04 Å². The Kier molecular flexibility index (Phi) is 7.20. The lowest BCUT2D eigenvalue weighted by molar-refractivity contribution is -0.0317. The van der Waals surface area contributed by atoms with Crippen LogP contribution in [0.2, 0.25) is 0 Å². The number of hydrogen-bond donors (Lipinski definition) is 1. The Morgan fingerprint density at radius 3 is 1.71 bits per heavy atom. The van der Waals surface area contributed by atoms with Crippen LogP contribution in [0.4, 0.5) is 0 Å². The largest absolute Gasteiger partial charge is 0.466 e. The van der Waals surface area contributed by atoms with Crippen LogP contribution >= 0.6 is 0 Å². The first-order valence-corrected chi connectivity index (χ1v) is 12.1. The van der Waals surface area contributed by atoms with E-state index >= 15 is 0 Å². The van der Waals surface area contributed by atoms with Crippen molar-refractivity contribution in [3.05, 3.63) is 131 Å². The number of nitrogens with zero attached hydrogens (tertiary/aromatic N) is 2. The van der Waals surface area contributed by atoms with Gasteiger partial charge < -0.3 is 9.52 Å². The summed E-state index contributed by atoms with van der Waals surface area (Å²) in [5.74, 6) is 1.78. The van der Waals surface area contributed by atoms with Gasteiger partial charge in [-0.2, -0.15) is 0 Å². The first-order chi connectivity index (χ1) is 16.8. The molecule has 5 rings (SSSR count). The SMILES string of the molecule is OC(Cc1ccc(Cc2ccccc2)o1)N1CCN(C(c2ccccc2)c2ccccc2)CC1. The summed E-state index contributed by atoms with van der Waals surface area (Å²) in [5, 5.41) is 10.9. The molecule has 3 aromatic carbocycles. The zero-order valence-electron chi connectivity index (χ0n) is 19.5. The third-order valence-electron chi connectivity index (χ3n) is 6.69. The maximum Gasteiger partial charge on any atom is 0.114 e. The molecule has 0 saturated carbocycles. The Morgan fingerprint density at radius 2 is 1.12 bits per heavy atom. The van der Waals surface area contributed by atoms with Crippen LogP contribution in [0, 0.1) is 0 Å². The molecule has 0 radical (unpaired) electrons. The topological polar surface area (TPSA) is 39.9 Å². The molecule has 1 atom stereocenters. The second-order valence-corrected chi connectivity index (χ2v) is 9.01. The molecular weight excluding hydrogens is 420 g/mol. The predicted octanol–water partition coefficient (Wildman–Crippen LogP) is 5.14. The fraction of sp³-hybridized carbons (Fsp3) is 0.267. The van der Waals surface area contributed by atoms with E-state index in [0.717, 1.165) is 44.1 Å². The van der Waals surface area contributed by atoms with Gasteiger partial charge in [-0.15, -0.1) is 0 Å². The highest BCUT2D eigenvalue weighted by Gasteiger charge is 2.29. The number of benzene rings is 3. The molecule has 0 spiro atoms. The fourth-order valence-electron chi connectivity index (χ4n) is 4.91. The molecule has 1 aliphatic rings. The van der Waals surface area contributed by atoms with Gasteiger partial charge in [0.25, 0.3) is 0 Å². The average molecular weight is 453 g/mol. The van der Waals surface area contributed by atoms with Crippen molar-refractivity contribution < 1.29 is 9.52 Å². The summed E-state index contributed by atoms with van der Waals surface area (Å²) < 4.78 is 6.03. The number of aliphatic hydroxyl groups is 1. The van der Waals surface area contributed by atoms with Crippen molar-refractivity contribution in [2.75, 3.05) is 26.2 Å². The Labute approximate surface area is 202 Å². The molecule has 4 aromatic rings. The molecule has 2 heterocycles. The molecule has 4 nitrogen and oxygen atoms in total. The van der Waals surface area contributed by atoms with Gasteiger partial charge in [0.15, 0.2) is 0 Å². The zero-order valence-corrected chi connectivity index (χ0v) is 19.5. The Balaban J connectivity index is 1.20. The second-order valence-electron chi connectivity index (χ2n) is 9.01. The summed E-state index contributed by atoms with van der Waals surface area (Å²) in [6.07, 6.45) is 0.746. The van der Waals surface area contributed by atoms with E-state index in [-0.39, 0.29) is 6.04 Å². The lowest BCUT2D eigenvalue weighted by Gasteiger charge is -2.41. The summed E-state index contributed by atoms with van der Waals surface area (Å²) >= 11 is 0. The highest BCUT2D eigenvalue weighted by atomic mass is 16.3. The fourth-order valence-corrected chi connectivity index (χ4v) is 4.91. The van der Waals surface area contributed by atoms with Gasteiger partial charge in [0, 0.05) is 39.0 Å².